The summed E-state index contributed by atoms with van der Waals surface area (Å²) in [5, 5.41) is 0. The van der Waals surface area contributed by atoms with Gasteiger partial charge < -0.3 is 5.73 Å². The molecule has 0 spiro atoms. The molecule has 0 aliphatic heterocycles. The van der Waals surface area contributed by atoms with E-state index in [1.807, 2.05) is 0 Å². The standard InChI is InChI=1S/C13H19NS/c1-10-9-11(15-2)5-6-12(10)13(14)7-3-4-8-13/h5-6,9H,3-4,7-8,14H2,1-2H3. The van der Waals surface area contributed by atoms with Gasteiger partial charge in [0.25, 0.3) is 0 Å². The molecular weight excluding hydrogens is 202 g/mol. The van der Waals surface area contributed by atoms with Gasteiger partial charge in [-0.3, -0.25) is 0 Å². The molecule has 0 saturated heterocycles. The van der Waals surface area contributed by atoms with Crippen LogP contribution in [-0.4, -0.2) is 6.26 Å². The van der Waals surface area contributed by atoms with Gasteiger partial charge >= 0.3 is 0 Å². The number of thioether (sulfide) groups is 1. The highest BCUT2D eigenvalue weighted by atomic mass is 32.2. The molecule has 1 aromatic rings. The van der Waals surface area contributed by atoms with Crippen molar-refractivity contribution in [2.45, 2.75) is 43.0 Å². The van der Waals surface area contributed by atoms with Crippen molar-refractivity contribution in [2.24, 2.45) is 5.73 Å². The van der Waals surface area contributed by atoms with Crippen LogP contribution in [0.2, 0.25) is 0 Å². The van der Waals surface area contributed by atoms with E-state index in [9.17, 15) is 0 Å². The zero-order valence-electron chi connectivity index (χ0n) is 9.55. The Balaban J connectivity index is 2.36. The molecule has 0 atom stereocenters. The van der Waals surface area contributed by atoms with Crippen LogP contribution < -0.4 is 5.73 Å². The zero-order valence-corrected chi connectivity index (χ0v) is 10.4. The summed E-state index contributed by atoms with van der Waals surface area (Å²) in [6, 6.07) is 6.68. The summed E-state index contributed by atoms with van der Waals surface area (Å²) in [4.78, 5) is 1.33. The summed E-state index contributed by atoms with van der Waals surface area (Å²) < 4.78 is 0. The Morgan fingerprint density at radius 2 is 1.93 bits per heavy atom. The molecule has 82 valence electrons. The van der Waals surface area contributed by atoms with Gasteiger partial charge in [-0.25, -0.2) is 0 Å². The predicted octanol–water partition coefficient (Wildman–Crippen LogP) is 3.44. The van der Waals surface area contributed by atoms with Crippen molar-refractivity contribution in [3.8, 4) is 0 Å². The van der Waals surface area contributed by atoms with E-state index in [0.717, 1.165) is 12.8 Å². The summed E-state index contributed by atoms with van der Waals surface area (Å²) >= 11 is 1.79. The quantitative estimate of drug-likeness (QED) is 0.774. The van der Waals surface area contributed by atoms with Crippen molar-refractivity contribution in [1.29, 1.82) is 0 Å². The van der Waals surface area contributed by atoms with Crippen LogP contribution >= 0.6 is 11.8 Å². The van der Waals surface area contributed by atoms with E-state index in [1.165, 1.54) is 28.9 Å². The molecule has 0 amide bonds. The van der Waals surface area contributed by atoms with Crippen LogP contribution in [0.25, 0.3) is 0 Å². The Morgan fingerprint density at radius 1 is 1.27 bits per heavy atom. The number of hydrogen-bond donors (Lipinski definition) is 1. The van der Waals surface area contributed by atoms with E-state index in [2.05, 4.69) is 31.4 Å². The molecule has 1 nitrogen and oxygen atoms in total. The first-order valence-corrected chi connectivity index (χ1v) is 6.82. The molecule has 1 aliphatic rings. The summed E-state index contributed by atoms with van der Waals surface area (Å²) in [5.41, 5.74) is 9.14. The van der Waals surface area contributed by atoms with E-state index < -0.39 is 0 Å². The van der Waals surface area contributed by atoms with Crippen molar-refractivity contribution in [3.63, 3.8) is 0 Å². The molecule has 2 heteroatoms. The maximum Gasteiger partial charge on any atom is 0.0412 e. The fourth-order valence-corrected chi connectivity index (χ4v) is 3.10. The van der Waals surface area contributed by atoms with Crippen LogP contribution in [0.3, 0.4) is 0 Å². The fourth-order valence-electron chi connectivity index (χ4n) is 2.60. The van der Waals surface area contributed by atoms with Gasteiger partial charge in [0, 0.05) is 10.4 Å². The molecule has 0 unspecified atom stereocenters. The summed E-state index contributed by atoms with van der Waals surface area (Å²) in [5.74, 6) is 0. The van der Waals surface area contributed by atoms with Gasteiger partial charge in [0.15, 0.2) is 0 Å². The second-order valence-corrected chi connectivity index (χ2v) is 5.42. The molecule has 15 heavy (non-hydrogen) atoms. The zero-order chi connectivity index (χ0) is 10.9. The van der Waals surface area contributed by atoms with Gasteiger partial charge in [0.1, 0.15) is 0 Å². The van der Waals surface area contributed by atoms with Crippen LogP contribution in [0.5, 0.6) is 0 Å². The lowest BCUT2D eigenvalue weighted by molar-refractivity contribution is 0.459. The van der Waals surface area contributed by atoms with Crippen molar-refractivity contribution in [2.75, 3.05) is 6.26 Å². The maximum absolute atomic E-state index is 6.47. The van der Waals surface area contributed by atoms with Crippen molar-refractivity contribution < 1.29 is 0 Å². The van der Waals surface area contributed by atoms with Gasteiger partial charge in [-0.2, -0.15) is 0 Å². The Hall–Kier alpha value is -0.470. The number of nitrogens with two attached hydrogens (primary N) is 1. The number of aryl methyl sites for hydroxylation is 1. The van der Waals surface area contributed by atoms with Gasteiger partial charge in [-0.05, 0) is 49.3 Å². The monoisotopic (exact) mass is 221 g/mol. The largest absolute Gasteiger partial charge is 0.321 e. The topological polar surface area (TPSA) is 26.0 Å². The lowest BCUT2D eigenvalue weighted by atomic mass is 9.86. The Kier molecular flexibility index (Phi) is 3.08. The van der Waals surface area contributed by atoms with E-state index in [0.29, 0.717) is 0 Å². The lowest BCUT2D eigenvalue weighted by Crippen LogP contribution is -2.33. The normalized spacial score (nSPS) is 19.4. The van der Waals surface area contributed by atoms with Gasteiger partial charge in [0.2, 0.25) is 0 Å². The third-order valence-corrected chi connectivity index (χ3v) is 4.19. The SMILES string of the molecule is CSc1ccc(C2(N)CCCC2)c(C)c1. The second kappa shape index (κ2) is 4.18. The molecular formula is C13H19NS. The molecule has 1 aromatic carbocycles. The minimum Gasteiger partial charge on any atom is -0.321 e. The fraction of sp³-hybridized carbons (Fsp3) is 0.538. The van der Waals surface area contributed by atoms with E-state index >= 15 is 0 Å². The Bertz CT molecular complexity index is 354. The van der Waals surface area contributed by atoms with Crippen LogP contribution in [0.1, 0.15) is 36.8 Å². The Labute approximate surface area is 96.4 Å². The predicted molar refractivity (Wildman–Crippen MR) is 67.3 cm³/mol. The molecule has 1 fully saturated rings. The first-order valence-electron chi connectivity index (χ1n) is 5.60. The number of benzene rings is 1. The van der Waals surface area contributed by atoms with E-state index in [4.69, 9.17) is 5.73 Å². The highest BCUT2D eigenvalue weighted by Gasteiger charge is 2.32. The summed E-state index contributed by atoms with van der Waals surface area (Å²) in [7, 11) is 0. The van der Waals surface area contributed by atoms with Gasteiger partial charge in [-0.1, -0.05) is 18.9 Å². The first kappa shape index (κ1) is 11.0. The van der Waals surface area contributed by atoms with Crippen LogP contribution in [0, 0.1) is 6.92 Å². The van der Waals surface area contributed by atoms with Crippen LogP contribution in [-0.2, 0) is 5.54 Å². The molecule has 0 bridgehead atoms. The minimum atomic E-state index is -0.0407. The van der Waals surface area contributed by atoms with Crippen LogP contribution in [0.4, 0.5) is 0 Å². The van der Waals surface area contributed by atoms with Gasteiger partial charge in [0.05, 0.1) is 0 Å². The molecule has 0 heterocycles. The highest BCUT2D eigenvalue weighted by molar-refractivity contribution is 7.98. The van der Waals surface area contributed by atoms with Crippen molar-refractivity contribution >= 4 is 11.8 Å². The lowest BCUT2D eigenvalue weighted by Gasteiger charge is -2.26. The number of hydrogen-bond acceptors (Lipinski definition) is 2. The third kappa shape index (κ3) is 2.06. The Morgan fingerprint density at radius 3 is 2.47 bits per heavy atom. The molecule has 2 N–H and O–H groups in total. The third-order valence-electron chi connectivity index (χ3n) is 3.47. The molecule has 1 saturated carbocycles. The second-order valence-electron chi connectivity index (χ2n) is 4.54. The van der Waals surface area contributed by atoms with Crippen molar-refractivity contribution in [3.05, 3.63) is 29.3 Å². The molecule has 0 radical (unpaired) electrons. The van der Waals surface area contributed by atoms with E-state index in [-0.39, 0.29) is 5.54 Å². The maximum atomic E-state index is 6.47. The first-order chi connectivity index (χ1) is 7.15. The molecule has 2 rings (SSSR count). The molecule has 1 aliphatic carbocycles. The van der Waals surface area contributed by atoms with E-state index in [1.54, 1.807) is 11.8 Å². The molecule has 0 aromatic heterocycles. The van der Waals surface area contributed by atoms with Crippen LogP contribution in [0.15, 0.2) is 23.1 Å². The summed E-state index contributed by atoms with van der Waals surface area (Å²) in [6.45, 7) is 2.18. The smallest absolute Gasteiger partial charge is 0.0412 e. The summed E-state index contributed by atoms with van der Waals surface area (Å²) in [6.07, 6.45) is 6.96. The van der Waals surface area contributed by atoms with Crippen molar-refractivity contribution in [1.82, 2.24) is 0 Å². The van der Waals surface area contributed by atoms with Gasteiger partial charge in [-0.15, -0.1) is 11.8 Å². The highest BCUT2D eigenvalue weighted by Crippen LogP contribution is 2.38. The average Bonchev–Trinajstić information content (AvgIpc) is 2.65. The number of rotatable bonds is 2. The average molecular weight is 221 g/mol. The minimum absolute atomic E-state index is 0.0407.